The monoisotopic (exact) mass is 374 g/mol. The molecule has 0 aliphatic rings. The van der Waals surface area contributed by atoms with Crippen molar-refractivity contribution in [1.82, 2.24) is 4.72 Å². The molecule has 26 heavy (non-hydrogen) atoms. The number of hydrogen-bond donors (Lipinski definition) is 1. The molecular formula is C19H22N2O4S. The van der Waals surface area contributed by atoms with Crippen LogP contribution in [-0.4, -0.2) is 19.9 Å². The number of nitro benzene ring substituents is 1. The Kier molecular flexibility index (Phi) is 6.65. The minimum Gasteiger partial charge on any atom is -0.258 e. The highest BCUT2D eigenvalue weighted by Crippen LogP contribution is 2.28. The van der Waals surface area contributed by atoms with Crippen LogP contribution in [0.3, 0.4) is 0 Å². The van der Waals surface area contributed by atoms with Crippen molar-refractivity contribution in [3.8, 4) is 0 Å². The summed E-state index contributed by atoms with van der Waals surface area (Å²) in [6.07, 6.45) is 2.48. The number of nitrogens with one attached hydrogen (secondary N) is 1. The van der Waals surface area contributed by atoms with Gasteiger partial charge in [-0.3, -0.25) is 10.1 Å². The van der Waals surface area contributed by atoms with Gasteiger partial charge >= 0.3 is 0 Å². The van der Waals surface area contributed by atoms with Gasteiger partial charge in [0.2, 0.25) is 10.0 Å². The van der Waals surface area contributed by atoms with E-state index in [2.05, 4.69) is 18.2 Å². The molecule has 0 aliphatic carbocycles. The number of hydrogen-bond acceptors (Lipinski definition) is 4. The Morgan fingerprint density at radius 1 is 1.15 bits per heavy atom. The highest BCUT2D eigenvalue weighted by molar-refractivity contribution is 7.89. The third-order valence-electron chi connectivity index (χ3n) is 4.34. The normalized spacial score (nSPS) is 13.7. The maximum absolute atomic E-state index is 12.4. The zero-order valence-corrected chi connectivity index (χ0v) is 15.4. The Hall–Kier alpha value is -2.51. The van der Waals surface area contributed by atoms with Crippen molar-refractivity contribution in [2.24, 2.45) is 5.92 Å². The maximum atomic E-state index is 12.4. The van der Waals surface area contributed by atoms with Gasteiger partial charge in [0.05, 0.1) is 9.82 Å². The molecule has 0 fully saturated rings. The predicted octanol–water partition coefficient (Wildman–Crippen LogP) is 3.87. The van der Waals surface area contributed by atoms with Crippen LogP contribution in [0.5, 0.6) is 0 Å². The van der Waals surface area contributed by atoms with Crippen LogP contribution in [0.25, 0.3) is 0 Å². The van der Waals surface area contributed by atoms with Crippen molar-refractivity contribution in [1.29, 1.82) is 0 Å². The Balaban J connectivity index is 2.05. The van der Waals surface area contributed by atoms with Crippen LogP contribution >= 0.6 is 0 Å². The number of rotatable bonds is 9. The standard InChI is InChI=1S/C19H22N2O4S/c1-3-15(2)19(16-7-5-4-6-8-16)13-14-20-26(24,25)18-11-9-17(10-12-18)21(22)23/h3-12,15,19-20H,1,13-14H2,2H3/t15?,19-/m1/s1. The van der Waals surface area contributed by atoms with E-state index in [-0.39, 0.29) is 29.0 Å². The summed E-state index contributed by atoms with van der Waals surface area (Å²) in [5.41, 5.74) is 0.988. The molecule has 7 heteroatoms. The van der Waals surface area contributed by atoms with Crippen molar-refractivity contribution < 1.29 is 13.3 Å². The predicted molar refractivity (Wildman–Crippen MR) is 101 cm³/mol. The van der Waals surface area contributed by atoms with Crippen LogP contribution in [0.4, 0.5) is 5.69 Å². The third-order valence-corrected chi connectivity index (χ3v) is 5.82. The molecule has 0 aromatic heterocycles. The first-order chi connectivity index (χ1) is 12.3. The van der Waals surface area contributed by atoms with Gasteiger partial charge in [-0.05, 0) is 36.0 Å². The van der Waals surface area contributed by atoms with E-state index in [0.29, 0.717) is 6.42 Å². The van der Waals surface area contributed by atoms with Crippen LogP contribution < -0.4 is 4.72 Å². The lowest BCUT2D eigenvalue weighted by atomic mass is 9.85. The van der Waals surface area contributed by atoms with Crippen molar-refractivity contribution in [3.05, 3.63) is 82.9 Å². The Morgan fingerprint density at radius 2 is 1.77 bits per heavy atom. The zero-order valence-electron chi connectivity index (χ0n) is 14.5. The Bertz CT molecular complexity index is 849. The van der Waals surface area contributed by atoms with Gasteiger partial charge in [-0.25, -0.2) is 13.1 Å². The molecule has 0 amide bonds. The maximum Gasteiger partial charge on any atom is 0.269 e. The van der Waals surface area contributed by atoms with Crippen molar-refractivity contribution in [3.63, 3.8) is 0 Å². The molecule has 0 aliphatic heterocycles. The van der Waals surface area contributed by atoms with Gasteiger partial charge in [-0.15, -0.1) is 6.58 Å². The summed E-state index contributed by atoms with van der Waals surface area (Å²) in [4.78, 5) is 10.1. The fourth-order valence-electron chi connectivity index (χ4n) is 2.78. The SMILES string of the molecule is C=CC(C)[C@@H](CCNS(=O)(=O)c1ccc([N+](=O)[O-])cc1)c1ccccc1. The lowest BCUT2D eigenvalue weighted by Crippen LogP contribution is -2.26. The van der Waals surface area contributed by atoms with E-state index in [1.54, 1.807) is 0 Å². The highest BCUT2D eigenvalue weighted by Gasteiger charge is 2.19. The molecule has 2 rings (SSSR count). The Labute approximate surface area is 153 Å². The molecule has 0 spiro atoms. The average molecular weight is 374 g/mol. The van der Waals surface area contributed by atoms with Crippen molar-refractivity contribution in [2.45, 2.75) is 24.2 Å². The van der Waals surface area contributed by atoms with Crippen LogP contribution in [0.2, 0.25) is 0 Å². The minimum atomic E-state index is -3.71. The van der Waals surface area contributed by atoms with E-state index in [1.165, 1.54) is 24.3 Å². The molecule has 6 nitrogen and oxygen atoms in total. The lowest BCUT2D eigenvalue weighted by molar-refractivity contribution is -0.384. The summed E-state index contributed by atoms with van der Waals surface area (Å²) in [6, 6.07) is 14.7. The van der Waals surface area contributed by atoms with Crippen molar-refractivity contribution in [2.75, 3.05) is 6.54 Å². The number of benzene rings is 2. The number of non-ortho nitro benzene ring substituents is 1. The molecule has 0 saturated heterocycles. The molecule has 2 aromatic carbocycles. The molecule has 2 atom stereocenters. The molecule has 138 valence electrons. The lowest BCUT2D eigenvalue weighted by Gasteiger charge is -2.22. The van der Waals surface area contributed by atoms with Gasteiger partial charge in [0.15, 0.2) is 0 Å². The summed E-state index contributed by atoms with van der Waals surface area (Å²) in [5.74, 6) is 0.342. The van der Waals surface area contributed by atoms with E-state index >= 15 is 0 Å². The van der Waals surface area contributed by atoms with Crippen LogP contribution in [0.15, 0.2) is 72.1 Å². The fraction of sp³-hybridized carbons (Fsp3) is 0.263. The molecule has 1 N–H and O–H groups in total. The molecule has 2 aromatic rings. The molecule has 0 bridgehead atoms. The molecule has 0 radical (unpaired) electrons. The van der Waals surface area contributed by atoms with Crippen molar-refractivity contribution >= 4 is 15.7 Å². The van der Waals surface area contributed by atoms with E-state index in [0.717, 1.165) is 5.56 Å². The summed E-state index contributed by atoms with van der Waals surface area (Å²) < 4.78 is 27.3. The summed E-state index contributed by atoms with van der Waals surface area (Å²) in [7, 11) is -3.71. The first-order valence-electron chi connectivity index (χ1n) is 8.27. The third kappa shape index (κ3) is 5.00. The average Bonchev–Trinajstić information content (AvgIpc) is 2.65. The van der Waals surface area contributed by atoms with Crippen LogP contribution in [0.1, 0.15) is 24.8 Å². The van der Waals surface area contributed by atoms with Gasteiger partial charge in [-0.2, -0.15) is 0 Å². The number of nitro groups is 1. The summed E-state index contributed by atoms with van der Waals surface area (Å²) >= 11 is 0. The number of allylic oxidation sites excluding steroid dienone is 1. The quantitative estimate of drug-likeness (QED) is 0.410. The van der Waals surface area contributed by atoms with Gasteiger partial charge in [0.1, 0.15) is 0 Å². The van der Waals surface area contributed by atoms with Crippen LogP contribution in [-0.2, 0) is 10.0 Å². The molecule has 0 heterocycles. The first kappa shape index (κ1) is 19.8. The van der Waals surface area contributed by atoms with Crippen LogP contribution in [0, 0.1) is 16.0 Å². The topological polar surface area (TPSA) is 89.3 Å². The van der Waals surface area contributed by atoms with E-state index in [1.807, 2.05) is 36.4 Å². The highest BCUT2D eigenvalue weighted by atomic mass is 32.2. The van der Waals surface area contributed by atoms with E-state index < -0.39 is 14.9 Å². The fourth-order valence-corrected chi connectivity index (χ4v) is 3.82. The first-order valence-corrected chi connectivity index (χ1v) is 9.75. The largest absolute Gasteiger partial charge is 0.269 e. The second kappa shape index (κ2) is 8.73. The number of nitrogens with zero attached hydrogens (tertiary/aromatic N) is 1. The second-order valence-corrected chi connectivity index (χ2v) is 7.82. The summed E-state index contributed by atoms with van der Waals surface area (Å²) in [5, 5.41) is 10.7. The smallest absolute Gasteiger partial charge is 0.258 e. The van der Waals surface area contributed by atoms with Gasteiger partial charge in [-0.1, -0.05) is 43.3 Å². The minimum absolute atomic E-state index is 0.0103. The molecule has 0 saturated carbocycles. The molecule has 1 unspecified atom stereocenters. The van der Waals surface area contributed by atoms with Gasteiger partial charge in [0.25, 0.3) is 5.69 Å². The Morgan fingerprint density at radius 3 is 2.31 bits per heavy atom. The molecular weight excluding hydrogens is 352 g/mol. The van der Waals surface area contributed by atoms with Gasteiger partial charge in [0, 0.05) is 18.7 Å². The van der Waals surface area contributed by atoms with E-state index in [4.69, 9.17) is 0 Å². The zero-order chi connectivity index (χ0) is 19.2. The number of sulfonamides is 1. The van der Waals surface area contributed by atoms with Gasteiger partial charge < -0.3 is 0 Å². The van der Waals surface area contributed by atoms with E-state index in [9.17, 15) is 18.5 Å². The second-order valence-electron chi connectivity index (χ2n) is 6.05. The summed E-state index contributed by atoms with van der Waals surface area (Å²) in [6.45, 7) is 6.15.